The van der Waals surface area contributed by atoms with Gasteiger partial charge in [-0.25, -0.2) is 0 Å². The van der Waals surface area contributed by atoms with Gasteiger partial charge in [-0.15, -0.1) is 6.58 Å². The summed E-state index contributed by atoms with van der Waals surface area (Å²) in [6.45, 7) is 5.53. The van der Waals surface area contributed by atoms with E-state index < -0.39 is 5.91 Å². The Kier molecular flexibility index (Phi) is 4.84. The van der Waals surface area contributed by atoms with Crippen molar-refractivity contribution in [2.24, 2.45) is 11.5 Å². The van der Waals surface area contributed by atoms with Crippen LogP contribution in [0.1, 0.15) is 26.2 Å². The zero-order valence-electron chi connectivity index (χ0n) is 7.47. The fraction of sp³-hybridized carbons (Fsp3) is 0.444. The van der Waals surface area contributed by atoms with Gasteiger partial charge in [0.25, 0.3) is 0 Å². The summed E-state index contributed by atoms with van der Waals surface area (Å²) in [4.78, 5) is 10.8. The van der Waals surface area contributed by atoms with Crippen molar-refractivity contribution in [1.29, 1.82) is 0 Å². The summed E-state index contributed by atoms with van der Waals surface area (Å²) in [5, 5.41) is 0. The monoisotopic (exact) mass is 168 g/mol. The third-order valence-electron chi connectivity index (χ3n) is 1.55. The van der Waals surface area contributed by atoms with E-state index in [9.17, 15) is 4.79 Å². The van der Waals surface area contributed by atoms with Gasteiger partial charge < -0.3 is 11.5 Å². The minimum Gasteiger partial charge on any atom is -0.402 e. The van der Waals surface area contributed by atoms with Gasteiger partial charge in [0.15, 0.2) is 0 Å². The third-order valence-corrected chi connectivity index (χ3v) is 1.55. The van der Waals surface area contributed by atoms with E-state index in [0.29, 0.717) is 24.1 Å². The van der Waals surface area contributed by atoms with E-state index in [1.54, 1.807) is 6.08 Å². The van der Waals surface area contributed by atoms with Gasteiger partial charge in [-0.1, -0.05) is 19.4 Å². The summed E-state index contributed by atoms with van der Waals surface area (Å²) < 4.78 is 0. The standard InChI is InChI=1S/C9H16N2O/c1-3-5-7(9(11)12)8(10)6-4-2/h3H,1,4-6,10H2,2H3,(H2,11,12)/b8-7+. The first-order chi connectivity index (χ1) is 5.63. The number of carbonyl (C=O) groups excluding carboxylic acids is 1. The molecule has 0 saturated carbocycles. The lowest BCUT2D eigenvalue weighted by molar-refractivity contribution is -0.114. The Labute approximate surface area is 73.1 Å². The highest BCUT2D eigenvalue weighted by Gasteiger charge is 2.06. The van der Waals surface area contributed by atoms with Crippen molar-refractivity contribution < 1.29 is 4.79 Å². The third kappa shape index (κ3) is 3.23. The van der Waals surface area contributed by atoms with Crippen molar-refractivity contribution in [3.05, 3.63) is 23.9 Å². The SMILES string of the molecule is C=CC/C(C(N)=O)=C(\N)CCC. The Morgan fingerprint density at radius 1 is 1.50 bits per heavy atom. The molecule has 0 aliphatic carbocycles. The van der Waals surface area contributed by atoms with E-state index in [0.717, 1.165) is 6.42 Å². The topological polar surface area (TPSA) is 69.1 Å². The predicted molar refractivity (Wildman–Crippen MR) is 50.1 cm³/mol. The molecule has 1 amide bonds. The van der Waals surface area contributed by atoms with E-state index in [1.807, 2.05) is 6.92 Å². The molecule has 0 aromatic heterocycles. The van der Waals surface area contributed by atoms with Gasteiger partial charge in [-0.05, 0) is 12.8 Å². The number of primary amides is 1. The smallest absolute Gasteiger partial charge is 0.246 e. The van der Waals surface area contributed by atoms with E-state index in [1.165, 1.54) is 0 Å². The summed E-state index contributed by atoms with van der Waals surface area (Å²) in [6.07, 6.45) is 3.72. The van der Waals surface area contributed by atoms with Crippen molar-refractivity contribution in [3.8, 4) is 0 Å². The molecule has 68 valence electrons. The van der Waals surface area contributed by atoms with Crippen LogP contribution in [0.2, 0.25) is 0 Å². The van der Waals surface area contributed by atoms with Crippen molar-refractivity contribution in [3.63, 3.8) is 0 Å². The second kappa shape index (κ2) is 5.41. The number of carbonyl (C=O) groups is 1. The summed E-state index contributed by atoms with van der Waals surface area (Å²) in [6, 6.07) is 0. The molecule has 0 heterocycles. The van der Waals surface area contributed by atoms with Crippen LogP contribution >= 0.6 is 0 Å². The maximum Gasteiger partial charge on any atom is 0.246 e. The molecule has 12 heavy (non-hydrogen) atoms. The minimum absolute atomic E-state index is 0.444. The molecule has 0 radical (unpaired) electrons. The molecule has 0 atom stereocenters. The molecule has 0 aliphatic heterocycles. The molecule has 0 aromatic rings. The molecule has 0 spiro atoms. The lowest BCUT2D eigenvalue weighted by atomic mass is 10.1. The van der Waals surface area contributed by atoms with E-state index in [2.05, 4.69) is 6.58 Å². The maximum atomic E-state index is 10.8. The Balaban J connectivity index is 4.54. The summed E-state index contributed by atoms with van der Waals surface area (Å²) in [5.74, 6) is -0.444. The molecule has 0 unspecified atom stereocenters. The zero-order chi connectivity index (χ0) is 9.56. The van der Waals surface area contributed by atoms with Crippen molar-refractivity contribution in [1.82, 2.24) is 0 Å². The number of nitrogens with two attached hydrogens (primary N) is 2. The normalized spacial score (nSPS) is 12.1. The largest absolute Gasteiger partial charge is 0.402 e. The lowest BCUT2D eigenvalue weighted by Crippen LogP contribution is -2.18. The fourth-order valence-electron chi connectivity index (χ4n) is 0.954. The fourth-order valence-corrected chi connectivity index (χ4v) is 0.954. The summed E-state index contributed by atoms with van der Waals surface area (Å²) in [5.41, 5.74) is 11.9. The van der Waals surface area contributed by atoms with Gasteiger partial charge in [0.05, 0.1) is 0 Å². The van der Waals surface area contributed by atoms with Crippen LogP contribution in [-0.2, 0) is 4.79 Å². The van der Waals surface area contributed by atoms with Crippen LogP contribution in [0.3, 0.4) is 0 Å². The minimum atomic E-state index is -0.444. The van der Waals surface area contributed by atoms with Crippen LogP contribution in [0.4, 0.5) is 0 Å². The number of amides is 1. The van der Waals surface area contributed by atoms with Crippen LogP contribution in [0.25, 0.3) is 0 Å². The van der Waals surface area contributed by atoms with Gasteiger partial charge in [0, 0.05) is 11.3 Å². The maximum absolute atomic E-state index is 10.8. The highest BCUT2D eigenvalue weighted by Crippen LogP contribution is 2.09. The molecule has 0 rings (SSSR count). The van der Waals surface area contributed by atoms with Crippen molar-refractivity contribution in [2.45, 2.75) is 26.2 Å². The summed E-state index contributed by atoms with van der Waals surface area (Å²) in [7, 11) is 0. The van der Waals surface area contributed by atoms with Crippen LogP contribution in [-0.4, -0.2) is 5.91 Å². The van der Waals surface area contributed by atoms with Gasteiger partial charge >= 0.3 is 0 Å². The highest BCUT2D eigenvalue weighted by molar-refractivity contribution is 5.92. The molecular weight excluding hydrogens is 152 g/mol. The lowest BCUT2D eigenvalue weighted by Gasteiger charge is -2.05. The number of rotatable bonds is 5. The van der Waals surface area contributed by atoms with Crippen LogP contribution in [0.15, 0.2) is 23.9 Å². The van der Waals surface area contributed by atoms with Gasteiger partial charge in [0.1, 0.15) is 0 Å². The van der Waals surface area contributed by atoms with E-state index in [4.69, 9.17) is 11.5 Å². The molecule has 4 N–H and O–H groups in total. The molecule has 0 aliphatic rings. The number of hydrogen-bond donors (Lipinski definition) is 2. The summed E-state index contributed by atoms with van der Waals surface area (Å²) >= 11 is 0. The molecule has 3 heteroatoms. The first-order valence-corrected chi connectivity index (χ1v) is 4.01. The molecule has 0 bridgehead atoms. The first-order valence-electron chi connectivity index (χ1n) is 4.01. The Bertz CT molecular complexity index is 207. The Morgan fingerprint density at radius 2 is 2.08 bits per heavy atom. The number of hydrogen-bond acceptors (Lipinski definition) is 2. The van der Waals surface area contributed by atoms with E-state index in [-0.39, 0.29) is 0 Å². The van der Waals surface area contributed by atoms with Crippen molar-refractivity contribution in [2.75, 3.05) is 0 Å². The van der Waals surface area contributed by atoms with Crippen LogP contribution < -0.4 is 11.5 Å². The second-order valence-corrected chi connectivity index (χ2v) is 2.61. The molecule has 0 saturated heterocycles. The van der Waals surface area contributed by atoms with Crippen molar-refractivity contribution >= 4 is 5.91 Å². The predicted octanol–water partition coefficient (Wildman–Crippen LogP) is 1.06. The van der Waals surface area contributed by atoms with Gasteiger partial charge in [-0.2, -0.15) is 0 Å². The van der Waals surface area contributed by atoms with E-state index >= 15 is 0 Å². The second-order valence-electron chi connectivity index (χ2n) is 2.61. The van der Waals surface area contributed by atoms with Gasteiger partial charge in [0.2, 0.25) is 5.91 Å². The highest BCUT2D eigenvalue weighted by atomic mass is 16.1. The molecule has 0 aromatic carbocycles. The Morgan fingerprint density at radius 3 is 2.42 bits per heavy atom. The first kappa shape index (κ1) is 10.8. The average Bonchev–Trinajstić information content (AvgIpc) is 1.99. The Hall–Kier alpha value is -1.25. The zero-order valence-corrected chi connectivity index (χ0v) is 7.47. The molecule has 3 nitrogen and oxygen atoms in total. The quantitative estimate of drug-likeness (QED) is 0.476. The number of allylic oxidation sites excluding steroid dienone is 2. The molecular formula is C9H16N2O. The molecule has 0 fully saturated rings. The van der Waals surface area contributed by atoms with Crippen LogP contribution in [0.5, 0.6) is 0 Å². The average molecular weight is 168 g/mol. The van der Waals surface area contributed by atoms with Crippen LogP contribution in [0, 0.1) is 0 Å². The van der Waals surface area contributed by atoms with Gasteiger partial charge in [-0.3, -0.25) is 4.79 Å².